The molecule has 2 saturated heterocycles. The summed E-state index contributed by atoms with van der Waals surface area (Å²) in [5.41, 5.74) is 2.16. The van der Waals surface area contributed by atoms with Crippen LogP contribution in [0.2, 0.25) is 0 Å². The van der Waals surface area contributed by atoms with Crippen LogP contribution >= 0.6 is 0 Å². The van der Waals surface area contributed by atoms with E-state index in [-0.39, 0.29) is 12.5 Å². The predicted octanol–water partition coefficient (Wildman–Crippen LogP) is -0.957. The molecule has 0 radical (unpaired) electrons. The molecule has 0 spiro atoms. The van der Waals surface area contributed by atoms with Crippen molar-refractivity contribution in [2.24, 2.45) is 0 Å². The second-order valence-electron chi connectivity index (χ2n) is 4.69. The van der Waals surface area contributed by atoms with Crippen molar-refractivity contribution in [1.82, 2.24) is 15.1 Å². The first kappa shape index (κ1) is 12.5. The highest BCUT2D eigenvalue weighted by molar-refractivity contribution is 5.94. The molecule has 0 unspecified atom stereocenters. The molecule has 2 heterocycles. The number of nitrogens with zero attached hydrogens (tertiary/aromatic N) is 2. The third-order valence-corrected chi connectivity index (χ3v) is 3.60. The van der Waals surface area contributed by atoms with Crippen molar-refractivity contribution in [3.63, 3.8) is 0 Å². The van der Waals surface area contributed by atoms with Crippen molar-refractivity contribution in [3.05, 3.63) is 11.1 Å². The van der Waals surface area contributed by atoms with Gasteiger partial charge in [0.15, 0.2) is 0 Å². The molecule has 0 aliphatic carbocycles. The molecule has 0 bridgehead atoms. The van der Waals surface area contributed by atoms with Gasteiger partial charge in [0.05, 0.1) is 6.61 Å². The Bertz CT molecular complexity index is 314. The number of nitrogens with one attached hydrogen (secondary N) is 1. The van der Waals surface area contributed by atoms with Crippen LogP contribution in [0.3, 0.4) is 0 Å². The molecule has 2 aliphatic rings. The Morgan fingerprint density at radius 1 is 1.29 bits per heavy atom. The van der Waals surface area contributed by atoms with Gasteiger partial charge in [-0.2, -0.15) is 0 Å². The second-order valence-corrected chi connectivity index (χ2v) is 4.69. The molecule has 2 N–H and O–H groups in total. The highest BCUT2D eigenvalue weighted by atomic mass is 16.3. The van der Waals surface area contributed by atoms with E-state index in [1.807, 2.05) is 11.8 Å². The van der Waals surface area contributed by atoms with E-state index in [0.29, 0.717) is 6.54 Å². The molecule has 1 amide bonds. The van der Waals surface area contributed by atoms with Gasteiger partial charge in [-0.1, -0.05) is 0 Å². The Morgan fingerprint density at radius 3 is 2.41 bits per heavy atom. The van der Waals surface area contributed by atoms with Crippen LogP contribution < -0.4 is 5.32 Å². The summed E-state index contributed by atoms with van der Waals surface area (Å²) >= 11 is 0. The van der Waals surface area contributed by atoms with E-state index in [0.717, 1.165) is 44.8 Å². The van der Waals surface area contributed by atoms with E-state index in [1.54, 1.807) is 0 Å². The largest absolute Gasteiger partial charge is 0.395 e. The van der Waals surface area contributed by atoms with E-state index in [1.165, 1.54) is 5.57 Å². The second kappa shape index (κ2) is 5.62. The fourth-order valence-corrected chi connectivity index (χ4v) is 2.22. The minimum absolute atomic E-state index is 0.185. The van der Waals surface area contributed by atoms with Gasteiger partial charge in [0.25, 0.3) is 0 Å². The third kappa shape index (κ3) is 2.86. The molecule has 96 valence electrons. The Labute approximate surface area is 102 Å². The summed E-state index contributed by atoms with van der Waals surface area (Å²) < 4.78 is 0. The summed E-state index contributed by atoms with van der Waals surface area (Å²) in [6, 6.07) is 0. The van der Waals surface area contributed by atoms with E-state index >= 15 is 0 Å². The van der Waals surface area contributed by atoms with Gasteiger partial charge in [0.1, 0.15) is 0 Å². The van der Waals surface area contributed by atoms with Crippen LogP contribution in [0.25, 0.3) is 0 Å². The van der Waals surface area contributed by atoms with Crippen molar-refractivity contribution in [2.75, 3.05) is 52.4 Å². The molecular formula is C12H21N3O2. The number of aliphatic hydroxyl groups excluding tert-OH is 1. The molecule has 2 aliphatic heterocycles. The zero-order valence-electron chi connectivity index (χ0n) is 10.4. The average Bonchev–Trinajstić information content (AvgIpc) is 2.27. The van der Waals surface area contributed by atoms with Crippen molar-refractivity contribution >= 4 is 5.91 Å². The molecule has 2 rings (SSSR count). The van der Waals surface area contributed by atoms with Crippen LogP contribution in [0, 0.1) is 0 Å². The lowest BCUT2D eigenvalue weighted by atomic mass is 10.0. The van der Waals surface area contributed by atoms with Gasteiger partial charge in [0.2, 0.25) is 5.91 Å². The van der Waals surface area contributed by atoms with Crippen molar-refractivity contribution in [1.29, 1.82) is 0 Å². The molecule has 5 nitrogen and oxygen atoms in total. The molecule has 2 fully saturated rings. The number of amides is 1. The maximum atomic E-state index is 12.2. The predicted molar refractivity (Wildman–Crippen MR) is 65.7 cm³/mol. The molecule has 0 aromatic rings. The zero-order valence-corrected chi connectivity index (χ0v) is 10.4. The number of carbonyl (C=O) groups excluding carboxylic acids is 1. The quantitative estimate of drug-likeness (QED) is 0.623. The van der Waals surface area contributed by atoms with Gasteiger partial charge in [-0.3, -0.25) is 9.69 Å². The van der Waals surface area contributed by atoms with Crippen molar-refractivity contribution in [3.8, 4) is 0 Å². The Kier molecular flexibility index (Phi) is 4.15. The topological polar surface area (TPSA) is 55.8 Å². The number of β-amino-alcohol motifs (C(OH)–C–C–N with tert-alkyl or cyclic N) is 1. The van der Waals surface area contributed by atoms with E-state index in [9.17, 15) is 4.79 Å². The standard InChI is InChI=1S/C12H21N3O2/c1-10(11-8-13-9-11)12(17)15-4-2-14(3-5-15)6-7-16/h13,16H,2-9H2,1H3. The summed E-state index contributed by atoms with van der Waals surface area (Å²) in [5.74, 6) is 0.185. The molecule has 5 heteroatoms. The first-order chi connectivity index (χ1) is 8.22. The van der Waals surface area contributed by atoms with Crippen molar-refractivity contribution < 1.29 is 9.90 Å². The fraction of sp³-hybridized carbons (Fsp3) is 0.750. The van der Waals surface area contributed by atoms with Gasteiger partial charge < -0.3 is 15.3 Å². The number of aliphatic hydroxyl groups is 1. The average molecular weight is 239 g/mol. The fourth-order valence-electron chi connectivity index (χ4n) is 2.22. The molecular weight excluding hydrogens is 218 g/mol. The summed E-state index contributed by atoms with van der Waals surface area (Å²) in [4.78, 5) is 16.3. The number of piperazine rings is 1. The number of hydrogen-bond donors (Lipinski definition) is 2. The minimum atomic E-state index is 0.185. The van der Waals surface area contributed by atoms with Gasteiger partial charge in [-0.15, -0.1) is 0 Å². The molecule has 0 aromatic heterocycles. The Morgan fingerprint density at radius 2 is 1.94 bits per heavy atom. The summed E-state index contributed by atoms with van der Waals surface area (Å²) in [6.45, 7) is 7.85. The molecule has 0 aromatic carbocycles. The smallest absolute Gasteiger partial charge is 0.249 e. The van der Waals surface area contributed by atoms with Crippen LogP contribution in [-0.4, -0.2) is 73.2 Å². The first-order valence-corrected chi connectivity index (χ1v) is 6.24. The number of rotatable bonds is 3. The normalized spacial score (nSPS) is 21.3. The first-order valence-electron chi connectivity index (χ1n) is 6.24. The van der Waals surface area contributed by atoms with Gasteiger partial charge in [0, 0.05) is 51.4 Å². The Hall–Kier alpha value is -0.910. The highest BCUT2D eigenvalue weighted by Gasteiger charge is 2.24. The maximum absolute atomic E-state index is 12.2. The van der Waals surface area contributed by atoms with Gasteiger partial charge in [-0.25, -0.2) is 0 Å². The van der Waals surface area contributed by atoms with Crippen LogP contribution in [0.5, 0.6) is 0 Å². The van der Waals surface area contributed by atoms with Crippen LogP contribution in [0.15, 0.2) is 11.1 Å². The maximum Gasteiger partial charge on any atom is 0.249 e. The van der Waals surface area contributed by atoms with E-state index in [4.69, 9.17) is 5.11 Å². The summed E-state index contributed by atoms with van der Waals surface area (Å²) in [7, 11) is 0. The van der Waals surface area contributed by atoms with Crippen LogP contribution in [0.1, 0.15) is 6.92 Å². The highest BCUT2D eigenvalue weighted by Crippen LogP contribution is 2.13. The van der Waals surface area contributed by atoms with E-state index < -0.39 is 0 Å². The van der Waals surface area contributed by atoms with Crippen molar-refractivity contribution in [2.45, 2.75) is 6.92 Å². The number of hydrogen-bond acceptors (Lipinski definition) is 4. The zero-order chi connectivity index (χ0) is 12.3. The van der Waals surface area contributed by atoms with Gasteiger partial charge >= 0.3 is 0 Å². The summed E-state index contributed by atoms with van der Waals surface area (Å²) in [6.07, 6.45) is 0. The van der Waals surface area contributed by atoms with Crippen LogP contribution in [-0.2, 0) is 4.79 Å². The molecule has 17 heavy (non-hydrogen) atoms. The lowest BCUT2D eigenvalue weighted by molar-refractivity contribution is -0.128. The lowest BCUT2D eigenvalue weighted by Crippen LogP contribution is -2.50. The minimum Gasteiger partial charge on any atom is -0.395 e. The molecule has 0 saturated carbocycles. The number of carbonyl (C=O) groups is 1. The summed E-state index contributed by atoms with van der Waals surface area (Å²) in [5, 5.41) is 12.0. The Balaban J connectivity index is 1.86. The van der Waals surface area contributed by atoms with Gasteiger partial charge in [-0.05, 0) is 12.5 Å². The third-order valence-electron chi connectivity index (χ3n) is 3.60. The SMILES string of the molecule is CC(C(=O)N1CCN(CCO)CC1)=C1CNC1. The van der Waals surface area contributed by atoms with Crippen LogP contribution in [0.4, 0.5) is 0 Å². The lowest BCUT2D eigenvalue weighted by Gasteiger charge is -2.35. The van der Waals surface area contributed by atoms with E-state index in [2.05, 4.69) is 10.2 Å². The molecule has 0 atom stereocenters. The monoisotopic (exact) mass is 239 g/mol.